The maximum Gasteiger partial charge on any atom is 0.231 e. The van der Waals surface area contributed by atoms with Crippen LogP contribution in [-0.2, 0) is 11.3 Å². The number of carbonyl (C=O) groups excluding carboxylic acids is 1. The Balaban J connectivity index is 2.14. The molecule has 0 aromatic heterocycles. The summed E-state index contributed by atoms with van der Waals surface area (Å²) >= 11 is 0. The summed E-state index contributed by atoms with van der Waals surface area (Å²) in [5.74, 6) is 1.12. The second-order valence-electron chi connectivity index (χ2n) is 6.64. The molecule has 0 spiro atoms. The number of rotatable bonds is 5. The van der Waals surface area contributed by atoms with Crippen molar-refractivity contribution in [1.82, 2.24) is 4.90 Å². The van der Waals surface area contributed by atoms with Gasteiger partial charge in [0.25, 0.3) is 0 Å². The van der Waals surface area contributed by atoms with Crippen molar-refractivity contribution >= 4 is 11.6 Å². The number of para-hydroxylation sites is 1. The summed E-state index contributed by atoms with van der Waals surface area (Å²) in [5.41, 5.74) is 13.3. The first-order chi connectivity index (χ1) is 9.95. The molecule has 1 saturated carbocycles. The van der Waals surface area contributed by atoms with Crippen molar-refractivity contribution in [1.29, 1.82) is 0 Å². The van der Waals surface area contributed by atoms with Crippen LogP contribution in [0.3, 0.4) is 0 Å². The van der Waals surface area contributed by atoms with Gasteiger partial charge < -0.3 is 11.5 Å². The average Bonchev–Trinajstić information content (AvgIpc) is 2.39. The number of nitrogens with two attached hydrogens (primary N) is 2. The standard InChI is InChI=1S/C17H27N3O/c1-12-7-13(2)9-15(8-12)20(11-17(19)21)10-14-5-3-4-6-16(14)18/h3-6,12-13,15H,7-11,18H2,1-2H3,(H2,19,21). The topological polar surface area (TPSA) is 72.3 Å². The van der Waals surface area contributed by atoms with Crippen LogP contribution in [0.1, 0.15) is 38.7 Å². The molecule has 21 heavy (non-hydrogen) atoms. The second kappa shape index (κ2) is 6.94. The van der Waals surface area contributed by atoms with Crippen molar-refractivity contribution in [3.63, 3.8) is 0 Å². The van der Waals surface area contributed by atoms with Gasteiger partial charge in [-0.15, -0.1) is 0 Å². The first-order valence-electron chi connectivity index (χ1n) is 7.81. The Morgan fingerprint density at radius 3 is 2.38 bits per heavy atom. The molecule has 116 valence electrons. The largest absolute Gasteiger partial charge is 0.398 e. The van der Waals surface area contributed by atoms with E-state index < -0.39 is 0 Å². The first-order valence-corrected chi connectivity index (χ1v) is 7.81. The molecule has 1 aromatic carbocycles. The molecule has 1 aliphatic carbocycles. The zero-order valence-corrected chi connectivity index (χ0v) is 13.1. The molecule has 1 amide bonds. The van der Waals surface area contributed by atoms with Gasteiger partial charge in [-0.25, -0.2) is 0 Å². The lowest BCUT2D eigenvalue weighted by molar-refractivity contribution is -0.120. The molecule has 1 aliphatic rings. The Morgan fingerprint density at radius 1 is 1.19 bits per heavy atom. The smallest absolute Gasteiger partial charge is 0.231 e. The van der Waals surface area contributed by atoms with Crippen LogP contribution >= 0.6 is 0 Å². The summed E-state index contributed by atoms with van der Waals surface area (Å²) in [5, 5.41) is 0. The number of anilines is 1. The van der Waals surface area contributed by atoms with E-state index in [1.165, 1.54) is 6.42 Å². The summed E-state index contributed by atoms with van der Waals surface area (Å²) in [6.07, 6.45) is 3.53. The fourth-order valence-electron chi connectivity index (χ4n) is 3.61. The SMILES string of the molecule is CC1CC(C)CC(N(CC(N)=O)Cc2ccccc2N)C1. The van der Waals surface area contributed by atoms with Gasteiger partial charge in [0, 0.05) is 18.3 Å². The van der Waals surface area contributed by atoms with E-state index in [2.05, 4.69) is 18.7 Å². The minimum absolute atomic E-state index is 0.268. The minimum Gasteiger partial charge on any atom is -0.398 e. The lowest BCUT2D eigenvalue weighted by atomic mass is 9.79. The molecule has 1 aromatic rings. The van der Waals surface area contributed by atoms with Gasteiger partial charge in [0.05, 0.1) is 6.54 Å². The van der Waals surface area contributed by atoms with Crippen molar-refractivity contribution < 1.29 is 4.79 Å². The number of hydrogen-bond acceptors (Lipinski definition) is 3. The Bertz CT molecular complexity index is 479. The lowest BCUT2D eigenvalue weighted by Gasteiger charge is -2.39. The van der Waals surface area contributed by atoms with Crippen molar-refractivity contribution in [3.8, 4) is 0 Å². The van der Waals surface area contributed by atoms with Gasteiger partial charge in [0.15, 0.2) is 0 Å². The summed E-state index contributed by atoms with van der Waals surface area (Å²) in [7, 11) is 0. The van der Waals surface area contributed by atoms with Gasteiger partial charge in [-0.1, -0.05) is 32.0 Å². The zero-order chi connectivity index (χ0) is 15.4. The second-order valence-corrected chi connectivity index (χ2v) is 6.64. The van der Waals surface area contributed by atoms with Gasteiger partial charge >= 0.3 is 0 Å². The monoisotopic (exact) mass is 289 g/mol. The molecule has 2 atom stereocenters. The molecule has 4 nitrogen and oxygen atoms in total. The third-order valence-electron chi connectivity index (χ3n) is 4.46. The quantitative estimate of drug-likeness (QED) is 0.817. The Hall–Kier alpha value is -1.55. The third kappa shape index (κ3) is 4.46. The predicted molar refractivity (Wildman–Crippen MR) is 86.4 cm³/mol. The summed E-state index contributed by atoms with van der Waals surface area (Å²) in [6, 6.07) is 8.27. The van der Waals surface area contributed by atoms with E-state index in [1.807, 2.05) is 24.3 Å². The predicted octanol–water partition coefficient (Wildman–Crippen LogP) is 2.38. The van der Waals surface area contributed by atoms with Crippen LogP contribution in [0.15, 0.2) is 24.3 Å². The van der Waals surface area contributed by atoms with Crippen molar-refractivity contribution in [2.75, 3.05) is 12.3 Å². The number of amides is 1. The number of hydrogen-bond donors (Lipinski definition) is 2. The van der Waals surface area contributed by atoms with E-state index in [0.717, 1.165) is 24.1 Å². The first kappa shape index (κ1) is 15.8. The van der Waals surface area contributed by atoms with Crippen LogP contribution in [-0.4, -0.2) is 23.4 Å². The molecule has 4 heteroatoms. The highest BCUT2D eigenvalue weighted by Gasteiger charge is 2.29. The molecule has 0 saturated heterocycles. The highest BCUT2D eigenvalue weighted by Crippen LogP contribution is 2.32. The van der Waals surface area contributed by atoms with Crippen LogP contribution < -0.4 is 11.5 Å². The van der Waals surface area contributed by atoms with E-state index in [1.54, 1.807) is 0 Å². The Morgan fingerprint density at radius 2 is 1.81 bits per heavy atom. The number of benzene rings is 1. The molecule has 0 radical (unpaired) electrons. The lowest BCUT2D eigenvalue weighted by Crippen LogP contribution is -2.44. The van der Waals surface area contributed by atoms with Crippen molar-refractivity contribution in [2.45, 2.75) is 45.7 Å². The van der Waals surface area contributed by atoms with Crippen molar-refractivity contribution in [2.24, 2.45) is 17.6 Å². The van der Waals surface area contributed by atoms with Crippen LogP contribution in [0.4, 0.5) is 5.69 Å². The van der Waals surface area contributed by atoms with Crippen LogP contribution in [0.25, 0.3) is 0 Å². The molecule has 4 N–H and O–H groups in total. The maximum absolute atomic E-state index is 11.4. The number of primary amides is 1. The van der Waals surface area contributed by atoms with Gasteiger partial charge in [0.1, 0.15) is 0 Å². The molecular weight excluding hydrogens is 262 g/mol. The Labute approximate surface area is 127 Å². The molecular formula is C17H27N3O. The summed E-state index contributed by atoms with van der Waals surface area (Å²) in [6.45, 7) is 5.59. The molecule has 1 fully saturated rings. The van der Waals surface area contributed by atoms with Gasteiger partial charge in [0.2, 0.25) is 5.91 Å². The highest BCUT2D eigenvalue weighted by atomic mass is 16.1. The van der Waals surface area contributed by atoms with E-state index in [-0.39, 0.29) is 5.91 Å². The molecule has 2 rings (SSSR count). The van der Waals surface area contributed by atoms with Gasteiger partial charge in [-0.2, -0.15) is 0 Å². The summed E-state index contributed by atoms with van der Waals surface area (Å²) in [4.78, 5) is 13.6. The normalized spacial score (nSPS) is 26.0. The van der Waals surface area contributed by atoms with Crippen LogP contribution in [0.5, 0.6) is 0 Å². The van der Waals surface area contributed by atoms with Crippen molar-refractivity contribution in [3.05, 3.63) is 29.8 Å². The number of nitrogen functional groups attached to an aromatic ring is 1. The van der Waals surface area contributed by atoms with E-state index in [4.69, 9.17) is 11.5 Å². The molecule has 0 heterocycles. The van der Waals surface area contributed by atoms with E-state index in [0.29, 0.717) is 31.0 Å². The van der Waals surface area contributed by atoms with E-state index >= 15 is 0 Å². The fourth-order valence-corrected chi connectivity index (χ4v) is 3.61. The average molecular weight is 289 g/mol. The highest BCUT2D eigenvalue weighted by molar-refractivity contribution is 5.76. The Kier molecular flexibility index (Phi) is 5.23. The number of carbonyl (C=O) groups is 1. The third-order valence-corrected chi connectivity index (χ3v) is 4.46. The molecule has 0 aliphatic heterocycles. The molecule has 0 bridgehead atoms. The van der Waals surface area contributed by atoms with Crippen LogP contribution in [0.2, 0.25) is 0 Å². The van der Waals surface area contributed by atoms with Crippen LogP contribution in [0, 0.1) is 11.8 Å². The maximum atomic E-state index is 11.4. The summed E-state index contributed by atoms with van der Waals surface area (Å²) < 4.78 is 0. The number of nitrogens with zero attached hydrogens (tertiary/aromatic N) is 1. The minimum atomic E-state index is -0.268. The van der Waals surface area contributed by atoms with Gasteiger partial charge in [-0.05, 0) is 42.7 Å². The fraction of sp³-hybridized carbons (Fsp3) is 0.588. The van der Waals surface area contributed by atoms with Gasteiger partial charge in [-0.3, -0.25) is 9.69 Å². The zero-order valence-electron chi connectivity index (χ0n) is 13.1. The molecule has 2 unspecified atom stereocenters. The van der Waals surface area contributed by atoms with E-state index in [9.17, 15) is 4.79 Å².